The Balaban J connectivity index is 2.55. The van der Waals surface area contributed by atoms with Crippen LogP contribution in [0.4, 0.5) is 0 Å². The standard InChI is InChI=1S/C17H35N3O/c1-5-18-16(19-13-15(3)4)20-14-17(9-7-8-10-17)11-12-21-6-2/h15H,5-14H2,1-4H3,(H2,18,19,20). The number of rotatable bonds is 9. The van der Waals surface area contributed by atoms with Gasteiger partial charge in [0.05, 0.1) is 0 Å². The van der Waals surface area contributed by atoms with E-state index in [4.69, 9.17) is 9.73 Å². The minimum absolute atomic E-state index is 0.370. The molecule has 1 aliphatic carbocycles. The van der Waals surface area contributed by atoms with Crippen LogP contribution in [0.25, 0.3) is 0 Å². The molecule has 1 rings (SSSR count). The third-order valence-corrected chi connectivity index (χ3v) is 4.24. The van der Waals surface area contributed by atoms with E-state index in [9.17, 15) is 0 Å². The molecule has 21 heavy (non-hydrogen) atoms. The number of nitrogens with zero attached hydrogens (tertiary/aromatic N) is 1. The summed E-state index contributed by atoms with van der Waals surface area (Å²) in [6.45, 7) is 13.1. The van der Waals surface area contributed by atoms with E-state index in [0.717, 1.165) is 45.2 Å². The van der Waals surface area contributed by atoms with E-state index >= 15 is 0 Å². The number of hydrogen-bond donors (Lipinski definition) is 2. The second kappa shape index (κ2) is 10.0. The van der Waals surface area contributed by atoms with Crippen molar-refractivity contribution in [3.63, 3.8) is 0 Å². The summed E-state index contributed by atoms with van der Waals surface area (Å²) >= 11 is 0. The van der Waals surface area contributed by atoms with Gasteiger partial charge in [-0.05, 0) is 44.4 Å². The Hall–Kier alpha value is -0.770. The van der Waals surface area contributed by atoms with E-state index in [0.29, 0.717) is 11.3 Å². The van der Waals surface area contributed by atoms with Crippen molar-refractivity contribution in [2.75, 3.05) is 32.8 Å². The highest BCUT2D eigenvalue weighted by atomic mass is 16.5. The molecule has 0 spiro atoms. The van der Waals surface area contributed by atoms with E-state index < -0.39 is 0 Å². The van der Waals surface area contributed by atoms with Crippen molar-refractivity contribution in [3.8, 4) is 0 Å². The average molecular weight is 297 g/mol. The van der Waals surface area contributed by atoms with Gasteiger partial charge in [-0.1, -0.05) is 26.7 Å². The molecule has 0 aliphatic heterocycles. The number of aliphatic imine (C=N–C) groups is 1. The summed E-state index contributed by atoms with van der Waals surface area (Å²) in [7, 11) is 0. The number of ether oxygens (including phenoxy) is 1. The number of hydrogen-bond acceptors (Lipinski definition) is 2. The topological polar surface area (TPSA) is 45.7 Å². The van der Waals surface area contributed by atoms with Gasteiger partial charge in [0.2, 0.25) is 0 Å². The summed E-state index contributed by atoms with van der Waals surface area (Å²) in [5.74, 6) is 1.60. The molecule has 4 heteroatoms. The van der Waals surface area contributed by atoms with E-state index in [1.807, 2.05) is 0 Å². The summed E-state index contributed by atoms with van der Waals surface area (Å²) < 4.78 is 5.57. The van der Waals surface area contributed by atoms with Crippen LogP contribution >= 0.6 is 0 Å². The van der Waals surface area contributed by atoms with Crippen molar-refractivity contribution < 1.29 is 4.74 Å². The highest BCUT2D eigenvalue weighted by Gasteiger charge is 2.33. The van der Waals surface area contributed by atoms with Crippen molar-refractivity contribution >= 4 is 5.96 Å². The van der Waals surface area contributed by atoms with E-state index in [2.05, 4.69) is 38.3 Å². The molecule has 2 N–H and O–H groups in total. The average Bonchev–Trinajstić information content (AvgIpc) is 2.91. The summed E-state index contributed by atoms with van der Waals surface area (Å²) in [6.07, 6.45) is 6.43. The maximum atomic E-state index is 5.57. The van der Waals surface area contributed by atoms with Gasteiger partial charge in [-0.3, -0.25) is 4.99 Å². The van der Waals surface area contributed by atoms with Crippen LogP contribution in [0.1, 0.15) is 59.8 Å². The smallest absolute Gasteiger partial charge is 0.191 e. The molecular formula is C17H35N3O. The van der Waals surface area contributed by atoms with Crippen LogP contribution < -0.4 is 10.6 Å². The first-order valence-electron chi connectivity index (χ1n) is 8.72. The van der Waals surface area contributed by atoms with Crippen molar-refractivity contribution in [2.24, 2.45) is 16.3 Å². The highest BCUT2D eigenvalue weighted by molar-refractivity contribution is 5.79. The first kappa shape index (κ1) is 18.3. The van der Waals surface area contributed by atoms with Gasteiger partial charge < -0.3 is 15.4 Å². The third kappa shape index (κ3) is 7.16. The number of nitrogens with one attached hydrogen (secondary N) is 2. The van der Waals surface area contributed by atoms with Crippen molar-refractivity contribution in [1.82, 2.24) is 10.6 Å². The molecule has 0 atom stereocenters. The second-order valence-electron chi connectivity index (χ2n) is 6.62. The fourth-order valence-corrected chi connectivity index (χ4v) is 2.93. The van der Waals surface area contributed by atoms with Crippen LogP contribution in [0.5, 0.6) is 0 Å². The fraction of sp³-hybridized carbons (Fsp3) is 0.941. The SMILES string of the molecule is CCNC(=NCC1(CCOCC)CCCC1)NCC(C)C. The molecule has 1 saturated carbocycles. The Labute approximate surface area is 131 Å². The highest BCUT2D eigenvalue weighted by Crippen LogP contribution is 2.41. The number of guanidine groups is 1. The fourth-order valence-electron chi connectivity index (χ4n) is 2.93. The lowest BCUT2D eigenvalue weighted by Gasteiger charge is -2.27. The van der Waals surface area contributed by atoms with Gasteiger partial charge in [-0.2, -0.15) is 0 Å². The van der Waals surface area contributed by atoms with Gasteiger partial charge in [0, 0.05) is 32.8 Å². The van der Waals surface area contributed by atoms with Crippen LogP contribution in [-0.4, -0.2) is 38.8 Å². The van der Waals surface area contributed by atoms with E-state index in [-0.39, 0.29) is 0 Å². The molecular weight excluding hydrogens is 262 g/mol. The summed E-state index contributed by atoms with van der Waals surface area (Å²) in [4.78, 5) is 4.86. The zero-order valence-electron chi connectivity index (χ0n) is 14.5. The Morgan fingerprint density at radius 3 is 2.48 bits per heavy atom. The zero-order valence-corrected chi connectivity index (χ0v) is 14.5. The quantitative estimate of drug-likeness (QED) is 0.390. The maximum Gasteiger partial charge on any atom is 0.191 e. The molecule has 0 unspecified atom stereocenters. The van der Waals surface area contributed by atoms with Gasteiger partial charge in [-0.25, -0.2) is 0 Å². The first-order chi connectivity index (χ1) is 10.1. The summed E-state index contributed by atoms with van der Waals surface area (Å²) in [5.41, 5.74) is 0.370. The Morgan fingerprint density at radius 1 is 1.19 bits per heavy atom. The monoisotopic (exact) mass is 297 g/mol. The van der Waals surface area contributed by atoms with Crippen LogP contribution in [0.2, 0.25) is 0 Å². The van der Waals surface area contributed by atoms with E-state index in [1.165, 1.54) is 25.7 Å². The van der Waals surface area contributed by atoms with Gasteiger partial charge in [0.1, 0.15) is 0 Å². The molecule has 0 heterocycles. The molecule has 1 fully saturated rings. The van der Waals surface area contributed by atoms with Crippen LogP contribution in [0, 0.1) is 11.3 Å². The van der Waals surface area contributed by atoms with Crippen molar-refractivity contribution in [2.45, 2.75) is 59.8 Å². The minimum Gasteiger partial charge on any atom is -0.382 e. The molecule has 0 amide bonds. The van der Waals surface area contributed by atoms with Crippen LogP contribution in [-0.2, 0) is 4.74 Å². The normalized spacial score (nSPS) is 18.2. The predicted molar refractivity (Wildman–Crippen MR) is 90.8 cm³/mol. The molecule has 1 aliphatic rings. The first-order valence-corrected chi connectivity index (χ1v) is 8.72. The largest absolute Gasteiger partial charge is 0.382 e. The summed E-state index contributed by atoms with van der Waals surface area (Å²) in [6, 6.07) is 0. The van der Waals surface area contributed by atoms with E-state index in [1.54, 1.807) is 0 Å². The molecule has 0 aromatic carbocycles. The predicted octanol–water partition coefficient (Wildman–Crippen LogP) is 3.18. The molecule has 124 valence electrons. The third-order valence-electron chi connectivity index (χ3n) is 4.24. The molecule has 0 bridgehead atoms. The van der Waals surface area contributed by atoms with Gasteiger partial charge in [0.15, 0.2) is 5.96 Å². The lowest BCUT2D eigenvalue weighted by Crippen LogP contribution is -2.40. The lowest BCUT2D eigenvalue weighted by molar-refractivity contribution is 0.107. The van der Waals surface area contributed by atoms with Crippen molar-refractivity contribution in [3.05, 3.63) is 0 Å². The molecule has 0 aromatic rings. The van der Waals surface area contributed by atoms with Crippen LogP contribution in [0.15, 0.2) is 4.99 Å². The summed E-state index contributed by atoms with van der Waals surface area (Å²) in [5, 5.41) is 6.79. The Bertz CT molecular complexity index is 296. The molecule has 0 radical (unpaired) electrons. The Morgan fingerprint density at radius 2 is 1.90 bits per heavy atom. The van der Waals surface area contributed by atoms with Crippen molar-refractivity contribution in [1.29, 1.82) is 0 Å². The molecule has 0 saturated heterocycles. The minimum atomic E-state index is 0.370. The lowest BCUT2D eigenvalue weighted by atomic mass is 9.83. The molecule has 4 nitrogen and oxygen atoms in total. The molecule has 0 aromatic heterocycles. The Kier molecular flexibility index (Phi) is 8.74. The zero-order chi connectivity index (χ0) is 15.6. The van der Waals surface area contributed by atoms with Crippen LogP contribution in [0.3, 0.4) is 0 Å². The van der Waals surface area contributed by atoms with Gasteiger partial charge >= 0.3 is 0 Å². The second-order valence-corrected chi connectivity index (χ2v) is 6.62. The van der Waals surface area contributed by atoms with Gasteiger partial charge in [-0.15, -0.1) is 0 Å². The van der Waals surface area contributed by atoms with Gasteiger partial charge in [0.25, 0.3) is 0 Å². The maximum absolute atomic E-state index is 5.57.